The number of hydrogen-bond acceptors (Lipinski definition) is 4. The first-order valence-electron chi connectivity index (χ1n) is 10.1. The summed E-state index contributed by atoms with van der Waals surface area (Å²) < 4.78 is 1.78. The second-order valence-electron chi connectivity index (χ2n) is 7.80. The van der Waals surface area contributed by atoms with E-state index in [2.05, 4.69) is 79.1 Å². The molecule has 0 fully saturated rings. The van der Waals surface area contributed by atoms with Crippen LogP contribution < -0.4 is 4.90 Å². The fraction of sp³-hybridized carbons (Fsp3) is 0.292. The van der Waals surface area contributed by atoms with Crippen LogP contribution in [-0.2, 0) is 7.05 Å². The topological polar surface area (TPSA) is 46.8 Å². The van der Waals surface area contributed by atoms with Crippen LogP contribution in [0.1, 0.15) is 31.4 Å². The molecule has 0 N–H and O–H groups in total. The van der Waals surface area contributed by atoms with Crippen molar-refractivity contribution in [3.05, 3.63) is 66.1 Å². The Morgan fingerprint density at radius 2 is 1.72 bits per heavy atom. The molecule has 1 atom stereocenters. The van der Waals surface area contributed by atoms with Gasteiger partial charge >= 0.3 is 0 Å². The molecule has 2 aromatic carbocycles. The van der Waals surface area contributed by atoms with Crippen molar-refractivity contribution < 1.29 is 0 Å². The molecular weight excluding hydrogens is 358 g/mol. The van der Waals surface area contributed by atoms with Gasteiger partial charge in [-0.05, 0) is 68.7 Å². The lowest BCUT2D eigenvalue weighted by molar-refractivity contribution is 0.688. The summed E-state index contributed by atoms with van der Waals surface area (Å²) in [6.45, 7) is 8.79. The summed E-state index contributed by atoms with van der Waals surface area (Å²) in [6, 6.07) is 13.4. The van der Waals surface area contributed by atoms with Crippen LogP contribution >= 0.6 is 0 Å². The molecule has 0 radical (unpaired) electrons. The van der Waals surface area contributed by atoms with E-state index in [0.29, 0.717) is 6.04 Å². The van der Waals surface area contributed by atoms with Crippen molar-refractivity contribution in [2.45, 2.75) is 40.2 Å². The number of rotatable bonds is 5. The highest BCUT2D eigenvalue weighted by molar-refractivity contribution is 5.82. The van der Waals surface area contributed by atoms with E-state index < -0.39 is 0 Å². The quantitative estimate of drug-likeness (QED) is 0.450. The Labute approximate surface area is 172 Å². The van der Waals surface area contributed by atoms with Gasteiger partial charge in [-0.2, -0.15) is 5.10 Å². The van der Waals surface area contributed by atoms with E-state index in [4.69, 9.17) is 4.98 Å². The zero-order chi connectivity index (χ0) is 20.5. The van der Waals surface area contributed by atoms with E-state index in [1.165, 1.54) is 16.8 Å². The van der Waals surface area contributed by atoms with Crippen molar-refractivity contribution in [3.8, 4) is 11.3 Å². The lowest BCUT2D eigenvalue weighted by Crippen LogP contribution is -2.27. The summed E-state index contributed by atoms with van der Waals surface area (Å²) >= 11 is 0. The van der Waals surface area contributed by atoms with E-state index >= 15 is 0 Å². The molecule has 29 heavy (non-hydrogen) atoms. The Morgan fingerprint density at radius 3 is 2.38 bits per heavy atom. The summed E-state index contributed by atoms with van der Waals surface area (Å²) in [4.78, 5) is 11.9. The molecule has 4 aromatic rings. The predicted molar refractivity (Wildman–Crippen MR) is 120 cm³/mol. The maximum atomic E-state index is 4.87. The van der Waals surface area contributed by atoms with Gasteiger partial charge in [0.1, 0.15) is 0 Å². The number of anilines is 2. The molecule has 0 bridgehead atoms. The van der Waals surface area contributed by atoms with Gasteiger partial charge in [-0.25, -0.2) is 4.98 Å². The highest BCUT2D eigenvalue weighted by Crippen LogP contribution is 2.32. The average molecular weight is 386 g/mol. The number of aromatic nitrogens is 4. The molecule has 0 saturated carbocycles. The number of benzene rings is 2. The average Bonchev–Trinajstić information content (AvgIpc) is 3.13. The van der Waals surface area contributed by atoms with E-state index in [9.17, 15) is 0 Å². The van der Waals surface area contributed by atoms with Crippen LogP contribution in [0.4, 0.5) is 11.4 Å². The molecule has 0 aliphatic heterocycles. The van der Waals surface area contributed by atoms with Crippen molar-refractivity contribution in [3.63, 3.8) is 0 Å². The van der Waals surface area contributed by atoms with Gasteiger partial charge in [0.25, 0.3) is 0 Å². The number of nitrogens with zero attached hydrogens (tertiary/aromatic N) is 5. The third-order valence-corrected chi connectivity index (χ3v) is 5.32. The minimum absolute atomic E-state index is 0.364. The maximum Gasteiger partial charge on any atom is 0.0924 e. The van der Waals surface area contributed by atoms with Gasteiger partial charge in [-0.15, -0.1) is 0 Å². The summed E-state index contributed by atoms with van der Waals surface area (Å²) in [7, 11) is 1.91. The van der Waals surface area contributed by atoms with E-state index in [-0.39, 0.29) is 0 Å². The molecule has 2 heterocycles. The second-order valence-corrected chi connectivity index (χ2v) is 7.80. The Kier molecular flexibility index (Phi) is 5.05. The summed E-state index contributed by atoms with van der Waals surface area (Å²) in [5.74, 6) is 0. The minimum atomic E-state index is 0.364. The first kappa shape index (κ1) is 19.1. The van der Waals surface area contributed by atoms with Gasteiger partial charge in [-0.3, -0.25) is 9.67 Å². The normalized spacial score (nSPS) is 12.3. The number of hydrogen-bond donors (Lipinski definition) is 0. The zero-order valence-electron chi connectivity index (χ0n) is 17.7. The first-order valence-corrected chi connectivity index (χ1v) is 10.1. The van der Waals surface area contributed by atoms with E-state index in [1.807, 2.05) is 25.6 Å². The highest BCUT2D eigenvalue weighted by Gasteiger charge is 2.17. The highest BCUT2D eigenvalue weighted by atomic mass is 15.2. The molecule has 5 heteroatoms. The number of aryl methyl sites for hydroxylation is 3. The van der Waals surface area contributed by atoms with E-state index in [1.54, 1.807) is 4.68 Å². The van der Waals surface area contributed by atoms with Crippen molar-refractivity contribution in [1.82, 2.24) is 19.7 Å². The fourth-order valence-electron chi connectivity index (χ4n) is 3.77. The predicted octanol–water partition coefficient (Wildman–Crippen LogP) is 5.58. The van der Waals surface area contributed by atoms with Gasteiger partial charge < -0.3 is 4.90 Å². The smallest absolute Gasteiger partial charge is 0.0924 e. The lowest BCUT2D eigenvalue weighted by atomic mass is 10.1. The molecule has 0 aliphatic carbocycles. The van der Waals surface area contributed by atoms with Gasteiger partial charge in [0.2, 0.25) is 0 Å². The van der Waals surface area contributed by atoms with Crippen LogP contribution in [0, 0.1) is 13.8 Å². The molecule has 4 rings (SSSR count). The molecular formula is C24H27N5. The Balaban J connectivity index is 1.82. The summed E-state index contributed by atoms with van der Waals surface area (Å²) in [5.41, 5.74) is 8.49. The summed E-state index contributed by atoms with van der Waals surface area (Å²) in [5, 5.41) is 4.25. The van der Waals surface area contributed by atoms with Crippen LogP contribution in [0.5, 0.6) is 0 Å². The minimum Gasteiger partial charge on any atom is -0.339 e. The third kappa shape index (κ3) is 3.86. The monoisotopic (exact) mass is 385 g/mol. The standard InChI is InChI=1S/C24H27N5/c1-6-18(4)29(21-10-16(2)9-17(3)11-21)20-7-8-22-23(12-20)27-24(14-25-22)19-13-26-28(5)15-19/h7-15,18H,6H2,1-5H3. The molecule has 0 amide bonds. The van der Waals surface area contributed by atoms with Crippen LogP contribution in [0.15, 0.2) is 55.0 Å². The Morgan fingerprint density at radius 1 is 0.966 bits per heavy atom. The van der Waals surface area contributed by atoms with E-state index in [0.717, 1.165) is 34.4 Å². The SMILES string of the molecule is CCC(C)N(c1cc(C)cc(C)c1)c1ccc2ncc(-c3cnn(C)c3)nc2c1. The van der Waals surface area contributed by atoms with Crippen LogP contribution in [0.25, 0.3) is 22.3 Å². The Bertz CT molecular complexity index is 1140. The van der Waals surface area contributed by atoms with Gasteiger partial charge in [-0.1, -0.05) is 13.0 Å². The van der Waals surface area contributed by atoms with Gasteiger partial charge in [0.15, 0.2) is 0 Å². The second kappa shape index (κ2) is 7.66. The van der Waals surface area contributed by atoms with Gasteiger partial charge in [0.05, 0.1) is 29.1 Å². The van der Waals surface area contributed by atoms with Crippen LogP contribution in [0.2, 0.25) is 0 Å². The molecule has 1 unspecified atom stereocenters. The van der Waals surface area contributed by atoms with Crippen molar-refractivity contribution >= 4 is 22.4 Å². The van der Waals surface area contributed by atoms with Gasteiger partial charge in [0, 0.05) is 36.2 Å². The molecule has 0 saturated heterocycles. The van der Waals surface area contributed by atoms with Crippen molar-refractivity contribution in [1.29, 1.82) is 0 Å². The molecule has 148 valence electrons. The Hall–Kier alpha value is -3.21. The third-order valence-electron chi connectivity index (χ3n) is 5.32. The molecule has 5 nitrogen and oxygen atoms in total. The number of fused-ring (bicyclic) bond motifs is 1. The zero-order valence-corrected chi connectivity index (χ0v) is 17.7. The van der Waals surface area contributed by atoms with Crippen molar-refractivity contribution in [2.75, 3.05) is 4.90 Å². The van der Waals surface area contributed by atoms with Crippen molar-refractivity contribution in [2.24, 2.45) is 7.05 Å². The maximum absolute atomic E-state index is 4.87. The fourth-order valence-corrected chi connectivity index (χ4v) is 3.77. The largest absolute Gasteiger partial charge is 0.339 e. The summed E-state index contributed by atoms with van der Waals surface area (Å²) in [6.07, 6.45) is 6.64. The molecule has 0 spiro atoms. The van der Waals surface area contributed by atoms with Crippen LogP contribution in [0.3, 0.4) is 0 Å². The molecule has 0 aliphatic rings. The molecule has 2 aromatic heterocycles. The van der Waals surface area contributed by atoms with Crippen LogP contribution in [-0.4, -0.2) is 25.8 Å². The first-order chi connectivity index (χ1) is 13.9. The lowest BCUT2D eigenvalue weighted by Gasteiger charge is -2.31.